The molecule has 0 saturated carbocycles. The van der Waals surface area contributed by atoms with E-state index in [0.29, 0.717) is 11.4 Å². The Morgan fingerprint density at radius 2 is 1.36 bits per heavy atom. The molecule has 6 N–H and O–H groups in total. The van der Waals surface area contributed by atoms with Gasteiger partial charge in [0.15, 0.2) is 0 Å². The van der Waals surface area contributed by atoms with Gasteiger partial charge in [-0.15, -0.1) is 10.2 Å². The molecule has 0 fully saturated rings. The first kappa shape index (κ1) is 39.3. The minimum absolute atomic E-state index is 0.130. The Morgan fingerprint density at radius 1 is 0.800 bits per heavy atom. The van der Waals surface area contributed by atoms with E-state index in [9.17, 15) is 24.3 Å². The molecule has 0 unspecified atom stereocenters. The number of carbonyl (C=O) groups is 4. The van der Waals surface area contributed by atoms with Gasteiger partial charge in [0.1, 0.15) is 12.1 Å². The molecule has 272 valence electrons. The lowest BCUT2D eigenvalue weighted by atomic mass is 9.85. The van der Waals surface area contributed by atoms with Crippen LogP contribution in [0, 0.1) is 10.8 Å². The number of carbonyl (C=O) groups excluding carboxylic acids is 4. The van der Waals surface area contributed by atoms with Crippen molar-refractivity contribution in [3.8, 4) is 11.4 Å². The highest BCUT2D eigenvalue weighted by molar-refractivity contribution is 5.87. The molecule has 1 aromatic heterocycles. The number of rotatable bonds is 14. The maximum Gasteiger partial charge on any atom is 0.407 e. The summed E-state index contributed by atoms with van der Waals surface area (Å²) in [6.07, 6.45) is -2.55. The highest BCUT2D eigenvalue weighted by atomic mass is 16.5. The summed E-state index contributed by atoms with van der Waals surface area (Å²) in [5.74, 6) is -0.656. The molecule has 4 atom stereocenters. The van der Waals surface area contributed by atoms with E-state index in [0.717, 1.165) is 11.1 Å². The van der Waals surface area contributed by atoms with Crippen molar-refractivity contribution in [1.29, 1.82) is 0 Å². The van der Waals surface area contributed by atoms with Gasteiger partial charge in [-0.1, -0.05) is 96.1 Å². The highest BCUT2D eigenvalue weighted by Crippen LogP contribution is 2.22. The third kappa shape index (κ3) is 11.8. The number of ether oxygens (including phenoxy) is 2. The van der Waals surface area contributed by atoms with Crippen molar-refractivity contribution < 1.29 is 33.8 Å². The molecule has 3 aromatic rings. The molecule has 3 rings (SSSR count). The van der Waals surface area contributed by atoms with Gasteiger partial charge in [-0.25, -0.2) is 14.6 Å². The van der Waals surface area contributed by atoms with E-state index in [2.05, 4.69) is 42.0 Å². The van der Waals surface area contributed by atoms with E-state index in [1.54, 1.807) is 53.7 Å². The number of methoxy groups -OCH3 is 2. The summed E-state index contributed by atoms with van der Waals surface area (Å²) in [6.45, 7) is 10.8. The third-order valence-corrected chi connectivity index (χ3v) is 7.85. The number of aliphatic hydroxyl groups excluding tert-OH is 1. The van der Waals surface area contributed by atoms with Crippen LogP contribution in [0.1, 0.15) is 52.7 Å². The van der Waals surface area contributed by atoms with Gasteiger partial charge in [-0.3, -0.25) is 15.0 Å². The first-order valence-electron chi connectivity index (χ1n) is 16.1. The lowest BCUT2D eigenvalue weighted by molar-refractivity contribution is -0.132. The number of tetrazole rings is 1. The summed E-state index contributed by atoms with van der Waals surface area (Å²) >= 11 is 0. The van der Waals surface area contributed by atoms with Gasteiger partial charge in [0.05, 0.1) is 26.4 Å². The van der Waals surface area contributed by atoms with Crippen LogP contribution in [0.4, 0.5) is 9.59 Å². The number of hydrogen-bond acceptors (Lipinski definition) is 11. The second-order valence-corrected chi connectivity index (χ2v) is 14.0. The topological polar surface area (TPSA) is 213 Å². The largest absolute Gasteiger partial charge is 0.453 e. The number of nitrogens with zero attached hydrogens (tertiary/aromatic N) is 4. The fourth-order valence-corrected chi connectivity index (χ4v) is 5.11. The Bertz CT molecular complexity index is 1540. The number of H-pyrrole nitrogens is 1. The molecule has 16 nitrogen and oxygen atoms in total. The van der Waals surface area contributed by atoms with Crippen molar-refractivity contribution >= 4 is 24.0 Å². The Hall–Kier alpha value is -5.09. The molecule has 0 aliphatic carbocycles. The van der Waals surface area contributed by atoms with Crippen LogP contribution in [0.5, 0.6) is 0 Å². The summed E-state index contributed by atoms with van der Waals surface area (Å²) < 4.78 is 9.51. The normalized spacial score (nSPS) is 14.1. The minimum Gasteiger partial charge on any atom is -0.453 e. The number of aromatic nitrogens is 4. The fourth-order valence-electron chi connectivity index (χ4n) is 5.11. The molecule has 1 heterocycles. The highest BCUT2D eigenvalue weighted by Gasteiger charge is 2.37. The van der Waals surface area contributed by atoms with Crippen LogP contribution in [0.3, 0.4) is 0 Å². The molecular formula is C34H49N9O7. The Balaban J connectivity index is 1.94. The maximum absolute atomic E-state index is 13.7. The number of amides is 4. The second-order valence-electron chi connectivity index (χ2n) is 14.0. The third-order valence-electron chi connectivity index (χ3n) is 7.85. The molecule has 0 saturated heterocycles. The van der Waals surface area contributed by atoms with Gasteiger partial charge in [0.2, 0.25) is 11.7 Å². The SMILES string of the molecule is COC(=O)N[C@H](C(=O)N[C@@H](Cc1ccccc1)[C@@H](O)CN(Cc1ccc(-c2nn[nH]n2)cc1)NC(=O)[C@@H](NC(=O)OC)C(C)(C)C)C(C)(C)C. The number of aromatic amines is 1. The van der Waals surface area contributed by atoms with Crippen LogP contribution >= 0.6 is 0 Å². The fraction of sp³-hybridized carbons (Fsp3) is 0.500. The Morgan fingerprint density at radius 3 is 1.86 bits per heavy atom. The predicted molar refractivity (Wildman–Crippen MR) is 184 cm³/mol. The van der Waals surface area contributed by atoms with Crippen LogP contribution in [-0.2, 0) is 32.0 Å². The van der Waals surface area contributed by atoms with Gasteiger partial charge >= 0.3 is 12.2 Å². The van der Waals surface area contributed by atoms with Crippen molar-refractivity contribution in [2.24, 2.45) is 10.8 Å². The molecule has 0 aliphatic heterocycles. The van der Waals surface area contributed by atoms with Gasteiger partial charge in [-0.2, -0.15) is 5.21 Å². The molecule has 0 radical (unpaired) electrons. The molecule has 0 bridgehead atoms. The number of hydrogen-bond donors (Lipinski definition) is 6. The zero-order chi connectivity index (χ0) is 37.1. The summed E-state index contributed by atoms with van der Waals surface area (Å²) in [5, 5.41) is 35.5. The zero-order valence-electron chi connectivity index (χ0n) is 29.8. The summed E-state index contributed by atoms with van der Waals surface area (Å²) in [7, 11) is 2.42. The van der Waals surface area contributed by atoms with Crippen LogP contribution in [0.15, 0.2) is 54.6 Å². The number of benzene rings is 2. The van der Waals surface area contributed by atoms with Crippen molar-refractivity contribution in [3.05, 3.63) is 65.7 Å². The van der Waals surface area contributed by atoms with E-state index in [-0.39, 0.29) is 19.5 Å². The van der Waals surface area contributed by atoms with Gasteiger partial charge in [0.25, 0.3) is 5.91 Å². The van der Waals surface area contributed by atoms with E-state index in [4.69, 9.17) is 9.47 Å². The van der Waals surface area contributed by atoms with E-state index < -0.39 is 59.1 Å². The van der Waals surface area contributed by atoms with Crippen LogP contribution in [-0.4, -0.2) is 99.7 Å². The number of aliphatic hydroxyl groups is 1. The number of alkyl carbamates (subject to hydrolysis) is 2. The van der Waals surface area contributed by atoms with Crippen molar-refractivity contribution in [1.82, 2.24) is 47.0 Å². The molecule has 2 aromatic carbocycles. The maximum atomic E-state index is 13.7. The number of nitrogens with one attached hydrogen (secondary N) is 5. The molecule has 50 heavy (non-hydrogen) atoms. The van der Waals surface area contributed by atoms with Crippen LogP contribution < -0.4 is 21.4 Å². The zero-order valence-corrected chi connectivity index (χ0v) is 29.8. The Kier molecular flexibility index (Phi) is 13.8. The van der Waals surface area contributed by atoms with E-state index in [1.807, 2.05) is 42.5 Å². The minimum atomic E-state index is -1.24. The molecular weight excluding hydrogens is 646 g/mol. The van der Waals surface area contributed by atoms with E-state index in [1.165, 1.54) is 19.2 Å². The lowest BCUT2D eigenvalue weighted by Crippen LogP contribution is -2.60. The number of hydrazine groups is 1. The molecule has 16 heteroatoms. The second kappa shape index (κ2) is 17.5. The van der Waals surface area contributed by atoms with Crippen LogP contribution in [0.25, 0.3) is 11.4 Å². The first-order chi connectivity index (χ1) is 23.5. The van der Waals surface area contributed by atoms with Crippen molar-refractivity contribution in [2.75, 3.05) is 20.8 Å². The lowest BCUT2D eigenvalue weighted by Gasteiger charge is -2.35. The smallest absolute Gasteiger partial charge is 0.407 e. The van der Waals surface area contributed by atoms with E-state index >= 15 is 0 Å². The van der Waals surface area contributed by atoms with Crippen LogP contribution in [0.2, 0.25) is 0 Å². The molecule has 0 spiro atoms. The Labute approximate surface area is 292 Å². The summed E-state index contributed by atoms with van der Waals surface area (Å²) in [4.78, 5) is 51.8. The quantitative estimate of drug-likeness (QED) is 0.135. The average Bonchev–Trinajstić information content (AvgIpc) is 3.60. The van der Waals surface area contributed by atoms with Crippen molar-refractivity contribution in [3.63, 3.8) is 0 Å². The molecule has 0 aliphatic rings. The van der Waals surface area contributed by atoms with Crippen molar-refractivity contribution in [2.45, 2.75) is 78.7 Å². The predicted octanol–water partition coefficient (Wildman–Crippen LogP) is 2.33. The summed E-state index contributed by atoms with van der Waals surface area (Å²) in [6, 6.07) is 13.7. The van der Waals surface area contributed by atoms with Gasteiger partial charge < -0.3 is 30.5 Å². The summed E-state index contributed by atoms with van der Waals surface area (Å²) in [5.41, 5.74) is 3.76. The monoisotopic (exact) mass is 695 g/mol. The van der Waals surface area contributed by atoms with Gasteiger partial charge in [-0.05, 0) is 33.6 Å². The van der Waals surface area contributed by atoms with Gasteiger partial charge in [0, 0.05) is 18.7 Å². The standard InChI is InChI=1S/C34H49N9O7/c1-33(2,3)26(36-31(47)49-7)29(45)35-24(18-21-12-10-9-11-13-21)25(44)20-43(40-30(46)27(34(4,5)6)37-32(48)50-8)19-22-14-16-23(17-15-22)28-38-41-42-39-28/h9-17,24-27,44H,18-20H2,1-8H3,(H,35,45)(H,36,47)(H,37,48)(H,40,46)(H,38,39,41,42)/t24-,25-,26+,27+/m0/s1. The average molecular weight is 696 g/mol. The first-order valence-corrected chi connectivity index (χ1v) is 16.1. The molecule has 4 amide bonds.